The summed E-state index contributed by atoms with van der Waals surface area (Å²) < 4.78 is 43.2. The fraction of sp³-hybridized carbons (Fsp3) is 0.750. The Balaban J connectivity index is 0.00000364. The van der Waals surface area contributed by atoms with Crippen LogP contribution in [0.1, 0.15) is 24.5 Å². The van der Waals surface area contributed by atoms with Crippen molar-refractivity contribution < 1.29 is 17.9 Å². The molecule has 0 bridgehead atoms. The van der Waals surface area contributed by atoms with E-state index in [-0.39, 0.29) is 30.5 Å². The van der Waals surface area contributed by atoms with E-state index < -0.39 is 11.9 Å². The lowest BCUT2D eigenvalue weighted by Gasteiger charge is -2.37. The number of halogens is 4. The minimum absolute atomic E-state index is 0. The molecule has 0 amide bonds. The Morgan fingerprint density at radius 2 is 2.00 bits per heavy atom. The highest BCUT2D eigenvalue weighted by molar-refractivity contribution is 14.0. The quantitative estimate of drug-likeness (QED) is 0.343. The predicted octanol–water partition coefficient (Wildman–Crippen LogP) is 2.80. The van der Waals surface area contributed by atoms with Crippen LogP contribution >= 0.6 is 35.3 Å². The van der Waals surface area contributed by atoms with E-state index in [1.165, 1.54) is 0 Å². The molecule has 6 nitrogen and oxygen atoms in total. The Kier molecular flexibility index (Phi) is 10.3. The van der Waals surface area contributed by atoms with Gasteiger partial charge in [-0.15, -0.1) is 35.3 Å². The van der Waals surface area contributed by atoms with Gasteiger partial charge in [0.05, 0.1) is 19.8 Å². The van der Waals surface area contributed by atoms with E-state index in [1.54, 1.807) is 7.05 Å². The number of guanidine groups is 1. The fourth-order valence-electron chi connectivity index (χ4n) is 2.80. The topological polar surface area (TPSA) is 61.8 Å². The van der Waals surface area contributed by atoms with Crippen molar-refractivity contribution in [3.05, 3.63) is 16.1 Å². The lowest BCUT2D eigenvalue weighted by Crippen LogP contribution is -2.52. The molecule has 1 aliphatic rings. The molecule has 156 valence electrons. The second-order valence-corrected chi connectivity index (χ2v) is 7.33. The van der Waals surface area contributed by atoms with Crippen molar-refractivity contribution in [2.45, 2.75) is 32.6 Å². The van der Waals surface area contributed by atoms with Crippen molar-refractivity contribution >= 4 is 41.3 Å². The molecule has 0 saturated carbocycles. The van der Waals surface area contributed by atoms with Crippen molar-refractivity contribution in [3.8, 4) is 0 Å². The second kappa shape index (κ2) is 11.4. The zero-order chi connectivity index (χ0) is 19.2. The highest BCUT2D eigenvalue weighted by atomic mass is 127. The highest BCUT2D eigenvalue weighted by Crippen LogP contribution is 2.29. The average Bonchev–Trinajstić information content (AvgIpc) is 3.08. The smallest absolute Gasteiger partial charge is 0.379 e. The monoisotopic (exact) mass is 521 g/mol. The summed E-state index contributed by atoms with van der Waals surface area (Å²) in [6.45, 7) is 8.52. The van der Waals surface area contributed by atoms with E-state index in [0.717, 1.165) is 43.0 Å². The standard InChI is InChI=1S/C16H26F3N5OS.HI/c1-11(2)12(24-4-6-25-7-5-24)8-21-15(20-3)22-9-14-23-13(10-26-14)16(17,18)19;/h10-12H,4-9H2,1-3H3,(H2,20,21,22);1H. The maximum atomic E-state index is 12.6. The minimum Gasteiger partial charge on any atom is -0.379 e. The molecule has 1 aromatic heterocycles. The largest absolute Gasteiger partial charge is 0.434 e. The lowest BCUT2D eigenvalue weighted by atomic mass is 10.0. The summed E-state index contributed by atoms with van der Waals surface area (Å²) in [5, 5.41) is 7.69. The van der Waals surface area contributed by atoms with Crippen LogP contribution < -0.4 is 10.6 Å². The summed E-state index contributed by atoms with van der Waals surface area (Å²) in [6.07, 6.45) is -4.41. The number of hydrogen-bond acceptors (Lipinski definition) is 5. The first-order valence-corrected chi connectivity index (χ1v) is 9.47. The maximum absolute atomic E-state index is 12.6. The lowest BCUT2D eigenvalue weighted by molar-refractivity contribution is -0.140. The first-order valence-electron chi connectivity index (χ1n) is 8.59. The summed E-state index contributed by atoms with van der Waals surface area (Å²) in [4.78, 5) is 10.1. The van der Waals surface area contributed by atoms with Crippen LogP contribution in [-0.4, -0.2) is 61.8 Å². The van der Waals surface area contributed by atoms with E-state index in [2.05, 4.69) is 39.4 Å². The van der Waals surface area contributed by atoms with E-state index in [9.17, 15) is 13.2 Å². The molecule has 0 aliphatic carbocycles. The zero-order valence-electron chi connectivity index (χ0n) is 15.7. The first-order chi connectivity index (χ1) is 12.3. The third-order valence-electron chi connectivity index (χ3n) is 4.24. The zero-order valence-corrected chi connectivity index (χ0v) is 18.8. The van der Waals surface area contributed by atoms with E-state index >= 15 is 0 Å². The molecule has 2 heterocycles. The van der Waals surface area contributed by atoms with Gasteiger partial charge in [-0.1, -0.05) is 13.8 Å². The molecule has 11 heteroatoms. The van der Waals surface area contributed by atoms with Gasteiger partial charge in [0.25, 0.3) is 0 Å². The predicted molar refractivity (Wildman–Crippen MR) is 112 cm³/mol. The van der Waals surface area contributed by atoms with Gasteiger partial charge in [-0.3, -0.25) is 9.89 Å². The van der Waals surface area contributed by atoms with Crippen LogP contribution in [0.4, 0.5) is 13.2 Å². The average molecular weight is 521 g/mol. The normalized spacial score (nSPS) is 17.5. The van der Waals surface area contributed by atoms with Crippen LogP contribution in [0.5, 0.6) is 0 Å². The molecular weight excluding hydrogens is 494 g/mol. The number of hydrogen-bond donors (Lipinski definition) is 2. The van der Waals surface area contributed by atoms with Gasteiger partial charge in [-0.25, -0.2) is 4.98 Å². The first kappa shape index (κ1) is 24.4. The molecule has 1 aliphatic heterocycles. The van der Waals surface area contributed by atoms with Crippen LogP contribution in [0.15, 0.2) is 10.4 Å². The van der Waals surface area contributed by atoms with Gasteiger partial charge in [0.2, 0.25) is 0 Å². The summed E-state index contributed by atoms with van der Waals surface area (Å²) in [5.74, 6) is 1.000. The highest BCUT2D eigenvalue weighted by Gasteiger charge is 2.33. The SMILES string of the molecule is CN=C(NCc1nc(C(F)(F)F)cs1)NCC(C(C)C)N1CCOCC1.I. The van der Waals surface area contributed by atoms with Crippen molar-refractivity contribution in [2.75, 3.05) is 39.9 Å². The van der Waals surface area contributed by atoms with Gasteiger partial charge in [0.1, 0.15) is 5.01 Å². The van der Waals surface area contributed by atoms with Crippen molar-refractivity contribution in [3.63, 3.8) is 0 Å². The van der Waals surface area contributed by atoms with Crippen LogP contribution in [0.2, 0.25) is 0 Å². The fourth-order valence-corrected chi connectivity index (χ4v) is 3.54. The molecule has 1 aromatic rings. The van der Waals surface area contributed by atoms with Gasteiger partial charge < -0.3 is 15.4 Å². The number of rotatable bonds is 6. The number of aromatic nitrogens is 1. The summed E-state index contributed by atoms with van der Waals surface area (Å²) >= 11 is 0.982. The number of nitrogens with zero attached hydrogens (tertiary/aromatic N) is 3. The van der Waals surface area contributed by atoms with Gasteiger partial charge in [-0.05, 0) is 5.92 Å². The van der Waals surface area contributed by atoms with Crippen LogP contribution in [0.25, 0.3) is 0 Å². The van der Waals surface area contributed by atoms with Crippen LogP contribution in [-0.2, 0) is 17.5 Å². The molecule has 1 atom stereocenters. The molecule has 1 unspecified atom stereocenters. The number of alkyl halides is 3. The Morgan fingerprint density at radius 1 is 1.33 bits per heavy atom. The Labute approximate surface area is 179 Å². The van der Waals surface area contributed by atoms with Gasteiger partial charge in [0.15, 0.2) is 11.7 Å². The molecular formula is C16H27F3IN5OS. The molecule has 0 spiro atoms. The number of thiazole rings is 1. The van der Waals surface area contributed by atoms with Crippen LogP contribution in [0, 0.1) is 5.92 Å². The van der Waals surface area contributed by atoms with Gasteiger partial charge in [-0.2, -0.15) is 13.2 Å². The van der Waals surface area contributed by atoms with Gasteiger partial charge in [0, 0.05) is 38.1 Å². The molecule has 2 N–H and O–H groups in total. The number of nitrogens with one attached hydrogen (secondary N) is 2. The summed E-state index contributed by atoms with van der Waals surface area (Å²) in [6, 6.07) is 0.328. The molecule has 2 rings (SSSR count). The third-order valence-corrected chi connectivity index (χ3v) is 5.08. The maximum Gasteiger partial charge on any atom is 0.434 e. The molecule has 0 aromatic carbocycles. The molecule has 1 saturated heterocycles. The Hall–Kier alpha value is -0.660. The molecule has 27 heavy (non-hydrogen) atoms. The van der Waals surface area contributed by atoms with Crippen molar-refractivity contribution in [1.29, 1.82) is 0 Å². The van der Waals surface area contributed by atoms with Gasteiger partial charge >= 0.3 is 6.18 Å². The van der Waals surface area contributed by atoms with Crippen molar-refractivity contribution in [1.82, 2.24) is 20.5 Å². The Bertz CT molecular complexity index is 591. The number of morpholine rings is 1. The Morgan fingerprint density at radius 3 is 2.52 bits per heavy atom. The van der Waals surface area contributed by atoms with E-state index in [1.807, 2.05) is 0 Å². The van der Waals surface area contributed by atoms with E-state index in [4.69, 9.17) is 4.74 Å². The molecule has 1 fully saturated rings. The second-order valence-electron chi connectivity index (χ2n) is 6.39. The number of ether oxygens (including phenoxy) is 1. The third kappa shape index (κ3) is 7.70. The van der Waals surface area contributed by atoms with E-state index in [0.29, 0.717) is 29.5 Å². The van der Waals surface area contributed by atoms with Crippen molar-refractivity contribution in [2.24, 2.45) is 10.9 Å². The molecule has 0 radical (unpaired) electrons. The minimum atomic E-state index is -4.41. The summed E-state index contributed by atoms with van der Waals surface area (Å²) in [7, 11) is 1.64. The van der Waals surface area contributed by atoms with Crippen LogP contribution in [0.3, 0.4) is 0 Å². The number of aliphatic imine (C=N–C) groups is 1. The summed E-state index contributed by atoms with van der Waals surface area (Å²) in [5.41, 5.74) is -0.852.